The van der Waals surface area contributed by atoms with Crippen molar-refractivity contribution in [2.45, 2.75) is 39.9 Å². The van der Waals surface area contributed by atoms with Crippen LogP contribution in [0.5, 0.6) is 5.75 Å². The number of hydrogen-bond acceptors (Lipinski definition) is 5. The minimum atomic E-state index is -1.27. The Labute approximate surface area is 192 Å². The first-order chi connectivity index (χ1) is 13.0. The van der Waals surface area contributed by atoms with Crippen LogP contribution in [0.25, 0.3) is 22.6 Å². The van der Waals surface area contributed by atoms with E-state index in [9.17, 15) is 4.55 Å². The second-order valence-electron chi connectivity index (χ2n) is 6.33. The van der Waals surface area contributed by atoms with Crippen LogP contribution in [0, 0.1) is 6.92 Å². The number of hydrogen-bond donors (Lipinski definition) is 0. The van der Waals surface area contributed by atoms with Gasteiger partial charge in [0, 0.05) is 11.8 Å². The predicted molar refractivity (Wildman–Crippen MR) is 109 cm³/mol. The van der Waals surface area contributed by atoms with Crippen LogP contribution < -0.4 is 34.3 Å². The second-order valence-corrected chi connectivity index (χ2v) is 7.55. The van der Waals surface area contributed by atoms with Gasteiger partial charge in [0.25, 0.3) is 0 Å². The topological polar surface area (TPSA) is 72.2 Å². The first-order valence-electron chi connectivity index (χ1n) is 9.08. The zero-order chi connectivity index (χ0) is 19.4. The summed E-state index contributed by atoms with van der Waals surface area (Å²) in [6.45, 7) is 6.60. The Hall–Kier alpha value is -1.09. The molecule has 6 nitrogen and oxygen atoms in total. The van der Waals surface area contributed by atoms with Crippen LogP contribution in [-0.4, -0.2) is 37.6 Å². The van der Waals surface area contributed by atoms with Gasteiger partial charge < -0.3 is 15.5 Å². The van der Waals surface area contributed by atoms with Crippen LogP contribution in [0.15, 0.2) is 36.5 Å². The standard InChI is InChI=1S/C20H25N3O3S.Na.H/c1-5-6-13-25-15(3)26-18-11-12-21-19(14(18)2)20-22-16-9-7-8-10-17(16)23(20)27(4)24;;/h7-12,15H,5-6,13H2,1-4H3;;/q;+1;-1. The number of benzene rings is 1. The fourth-order valence-corrected chi connectivity index (χ4v) is 3.69. The van der Waals surface area contributed by atoms with Gasteiger partial charge in [-0.3, -0.25) is 4.98 Å². The minimum absolute atomic E-state index is 0. The van der Waals surface area contributed by atoms with Crippen LogP contribution in [0.2, 0.25) is 0 Å². The largest absolute Gasteiger partial charge is 1.00 e. The Bertz CT molecular complexity index is 923. The Kier molecular flexibility index (Phi) is 8.80. The van der Waals surface area contributed by atoms with Crippen molar-refractivity contribution in [2.24, 2.45) is 0 Å². The molecule has 0 aliphatic carbocycles. The van der Waals surface area contributed by atoms with Crippen molar-refractivity contribution in [3.8, 4) is 17.3 Å². The van der Waals surface area contributed by atoms with E-state index >= 15 is 0 Å². The van der Waals surface area contributed by atoms with Crippen molar-refractivity contribution < 1.29 is 45.0 Å². The van der Waals surface area contributed by atoms with Crippen molar-refractivity contribution in [1.29, 1.82) is 0 Å². The normalized spacial score (nSPS) is 13.2. The van der Waals surface area contributed by atoms with Gasteiger partial charge >= 0.3 is 29.6 Å². The number of fused-ring (bicyclic) bond motifs is 1. The minimum Gasteiger partial charge on any atom is -1.00 e. The number of rotatable bonds is 8. The van der Waals surface area contributed by atoms with Gasteiger partial charge in [0.05, 0.1) is 23.5 Å². The number of aromatic nitrogens is 3. The van der Waals surface area contributed by atoms with E-state index in [0.717, 1.165) is 29.4 Å². The van der Waals surface area contributed by atoms with Gasteiger partial charge in [-0.25, -0.2) is 4.98 Å². The number of ether oxygens (including phenoxy) is 2. The first-order valence-corrected chi connectivity index (χ1v) is 10.6. The van der Waals surface area contributed by atoms with Crippen LogP contribution in [-0.2, 0) is 16.1 Å². The molecule has 0 amide bonds. The first kappa shape index (κ1) is 23.2. The molecule has 8 heteroatoms. The molecule has 0 aliphatic heterocycles. The molecule has 146 valence electrons. The van der Waals surface area contributed by atoms with Crippen molar-refractivity contribution in [1.82, 2.24) is 13.9 Å². The van der Waals surface area contributed by atoms with E-state index in [4.69, 9.17) is 9.47 Å². The molecule has 2 heterocycles. The van der Waals surface area contributed by atoms with Gasteiger partial charge in [-0.05, 0) is 38.5 Å². The molecule has 0 fully saturated rings. The Morgan fingerprint density at radius 1 is 1.29 bits per heavy atom. The number of para-hydroxylation sites is 2. The molecule has 28 heavy (non-hydrogen) atoms. The molecule has 0 aliphatic rings. The van der Waals surface area contributed by atoms with Crippen LogP contribution in [0.4, 0.5) is 0 Å². The summed E-state index contributed by atoms with van der Waals surface area (Å²) in [6, 6.07) is 9.45. The van der Waals surface area contributed by atoms with Crippen molar-refractivity contribution in [3.05, 3.63) is 42.1 Å². The molecule has 0 radical (unpaired) electrons. The van der Waals surface area contributed by atoms with E-state index in [1.54, 1.807) is 16.4 Å². The Balaban J connectivity index is 0.00000210. The van der Waals surface area contributed by atoms with Crippen molar-refractivity contribution in [2.75, 3.05) is 12.9 Å². The molecule has 3 rings (SSSR count). The monoisotopic (exact) mass is 411 g/mol. The zero-order valence-corrected chi connectivity index (χ0v) is 20.0. The van der Waals surface area contributed by atoms with Crippen LogP contribution in [0.3, 0.4) is 0 Å². The number of pyridine rings is 1. The van der Waals surface area contributed by atoms with Gasteiger partial charge in [0.1, 0.15) is 23.2 Å². The molecule has 0 spiro atoms. The molecule has 2 atom stereocenters. The quantitative estimate of drug-likeness (QED) is 0.241. The molecule has 0 saturated heterocycles. The summed E-state index contributed by atoms with van der Waals surface area (Å²) < 4.78 is 25.7. The van der Waals surface area contributed by atoms with Crippen molar-refractivity contribution in [3.63, 3.8) is 0 Å². The SMILES string of the molecule is CCCCOC(C)Oc1ccnc(-c2nc3ccccc3n2[S+](C)[O-])c1C.[H-].[Na+]. The molecule has 2 unspecified atom stereocenters. The molecule has 1 aromatic carbocycles. The van der Waals surface area contributed by atoms with Gasteiger partial charge in [0.2, 0.25) is 5.82 Å². The van der Waals surface area contributed by atoms with E-state index in [1.807, 2.05) is 44.2 Å². The summed E-state index contributed by atoms with van der Waals surface area (Å²) in [7, 11) is 0. The smallest absolute Gasteiger partial charge is 1.00 e. The van der Waals surface area contributed by atoms with Crippen LogP contribution in [0.1, 0.15) is 33.7 Å². The predicted octanol–water partition coefficient (Wildman–Crippen LogP) is 1.21. The van der Waals surface area contributed by atoms with E-state index < -0.39 is 11.4 Å². The third kappa shape index (κ3) is 5.09. The average Bonchev–Trinajstić information content (AvgIpc) is 3.03. The fourth-order valence-electron chi connectivity index (χ4n) is 2.89. The molecular formula is C20H26N3NaO3S. The van der Waals surface area contributed by atoms with Gasteiger partial charge in [-0.1, -0.05) is 25.5 Å². The molecule has 3 aromatic rings. The number of unbranched alkanes of at least 4 members (excludes halogenated alkanes) is 1. The van der Waals surface area contributed by atoms with Crippen molar-refractivity contribution >= 4 is 22.4 Å². The number of imidazole rings is 1. The maximum absolute atomic E-state index is 12.4. The summed E-state index contributed by atoms with van der Waals surface area (Å²) in [5.74, 6) is 1.25. The summed E-state index contributed by atoms with van der Waals surface area (Å²) in [4.78, 5) is 9.16. The maximum Gasteiger partial charge on any atom is 1.00 e. The molecular weight excluding hydrogens is 385 g/mol. The van der Waals surface area contributed by atoms with Gasteiger partial charge in [-0.15, -0.1) is 3.97 Å². The Morgan fingerprint density at radius 3 is 2.75 bits per heavy atom. The molecule has 2 aromatic heterocycles. The third-order valence-corrected chi connectivity index (χ3v) is 5.17. The van der Waals surface area contributed by atoms with E-state index in [2.05, 4.69) is 16.9 Å². The number of nitrogens with zero attached hydrogens (tertiary/aromatic N) is 3. The van der Waals surface area contributed by atoms with E-state index in [0.29, 0.717) is 23.9 Å². The van der Waals surface area contributed by atoms with E-state index in [1.165, 1.54) is 0 Å². The zero-order valence-electron chi connectivity index (χ0n) is 18.1. The second kappa shape index (κ2) is 10.6. The molecule has 0 bridgehead atoms. The van der Waals surface area contributed by atoms with E-state index in [-0.39, 0.29) is 37.3 Å². The maximum atomic E-state index is 12.4. The molecule has 0 saturated carbocycles. The van der Waals surface area contributed by atoms with Crippen LogP contribution >= 0.6 is 0 Å². The van der Waals surface area contributed by atoms with Gasteiger partial charge in [-0.2, -0.15) is 0 Å². The summed E-state index contributed by atoms with van der Waals surface area (Å²) in [5, 5.41) is 0. The average molecular weight is 412 g/mol. The summed E-state index contributed by atoms with van der Waals surface area (Å²) >= 11 is -1.27. The molecule has 0 N–H and O–H groups in total. The summed E-state index contributed by atoms with van der Waals surface area (Å²) in [6.07, 6.45) is 5.04. The fraction of sp³-hybridized carbons (Fsp3) is 0.400. The summed E-state index contributed by atoms with van der Waals surface area (Å²) in [5.41, 5.74) is 3.09. The Morgan fingerprint density at radius 2 is 2.04 bits per heavy atom. The third-order valence-electron chi connectivity index (χ3n) is 4.29. The van der Waals surface area contributed by atoms with Gasteiger partial charge in [0.15, 0.2) is 6.29 Å².